The molecule has 1 aromatic carbocycles. The van der Waals surface area contributed by atoms with Gasteiger partial charge in [0.25, 0.3) is 0 Å². The third-order valence-electron chi connectivity index (χ3n) is 2.92. The van der Waals surface area contributed by atoms with Gasteiger partial charge in [0.05, 0.1) is 7.11 Å². The average Bonchev–Trinajstić information content (AvgIpc) is 2.90. The molecule has 0 atom stereocenters. The van der Waals surface area contributed by atoms with E-state index in [-0.39, 0.29) is 0 Å². The lowest BCUT2D eigenvalue weighted by Crippen LogP contribution is -1.98. The van der Waals surface area contributed by atoms with Gasteiger partial charge in [-0.15, -0.1) is 22.8 Å². The number of ether oxygens (including phenoxy) is 1. The largest absolute Gasteiger partial charge is 0.497 e. The average molecular weight is 284 g/mol. The van der Waals surface area contributed by atoms with Crippen molar-refractivity contribution in [3.8, 4) is 22.8 Å². The number of thiol groups is 1. The van der Waals surface area contributed by atoms with Crippen molar-refractivity contribution >= 4 is 12.6 Å². The van der Waals surface area contributed by atoms with Gasteiger partial charge in [0.2, 0.25) is 0 Å². The van der Waals surface area contributed by atoms with E-state index in [1.165, 1.54) is 0 Å². The summed E-state index contributed by atoms with van der Waals surface area (Å²) < 4.78 is 7.04. The van der Waals surface area contributed by atoms with Crippen LogP contribution in [0.3, 0.4) is 0 Å². The van der Waals surface area contributed by atoms with E-state index in [4.69, 9.17) is 4.74 Å². The number of methoxy groups -OCH3 is 1. The zero-order valence-electron chi connectivity index (χ0n) is 10.8. The maximum atomic E-state index is 5.16. The lowest BCUT2D eigenvalue weighted by Gasteiger charge is -2.09. The minimum absolute atomic E-state index is 0.530. The molecule has 0 spiro atoms. The fourth-order valence-corrected chi connectivity index (χ4v) is 2.19. The number of hydrogen-bond donors (Lipinski definition) is 1. The van der Waals surface area contributed by atoms with Crippen LogP contribution in [0.5, 0.6) is 5.75 Å². The van der Waals surface area contributed by atoms with Gasteiger partial charge in [0.15, 0.2) is 11.0 Å². The SMILES string of the molecule is COc1ccc(-n2c(S)nnc2-c2ccncc2)cc1. The summed E-state index contributed by atoms with van der Waals surface area (Å²) in [4.78, 5) is 4.01. The first-order valence-electron chi connectivity index (χ1n) is 5.99. The van der Waals surface area contributed by atoms with Gasteiger partial charge in [-0.05, 0) is 36.4 Å². The van der Waals surface area contributed by atoms with E-state index < -0.39 is 0 Å². The molecule has 5 nitrogen and oxygen atoms in total. The molecule has 3 aromatic rings. The van der Waals surface area contributed by atoms with Gasteiger partial charge in [0, 0.05) is 23.6 Å². The molecule has 0 aliphatic carbocycles. The Balaban J connectivity index is 2.11. The molecule has 0 amide bonds. The van der Waals surface area contributed by atoms with E-state index in [0.717, 1.165) is 22.8 Å². The first-order chi connectivity index (χ1) is 9.79. The molecule has 100 valence electrons. The Kier molecular flexibility index (Phi) is 3.39. The standard InChI is InChI=1S/C14H12N4OS/c1-19-12-4-2-11(3-5-12)18-13(16-17-14(18)20)10-6-8-15-9-7-10/h2-9H,1H3,(H,17,20). The molecule has 0 unspecified atom stereocenters. The molecule has 3 rings (SSSR count). The van der Waals surface area contributed by atoms with E-state index in [0.29, 0.717) is 5.16 Å². The van der Waals surface area contributed by atoms with Gasteiger partial charge in [-0.2, -0.15) is 0 Å². The third kappa shape index (κ3) is 2.25. The van der Waals surface area contributed by atoms with E-state index in [2.05, 4.69) is 27.8 Å². The summed E-state index contributed by atoms with van der Waals surface area (Å²) in [6.45, 7) is 0. The van der Waals surface area contributed by atoms with Crippen LogP contribution in [-0.4, -0.2) is 26.9 Å². The molecule has 0 saturated carbocycles. The molecule has 0 aliphatic heterocycles. The van der Waals surface area contributed by atoms with Gasteiger partial charge < -0.3 is 4.74 Å². The molecule has 0 bridgehead atoms. The molecule has 0 aliphatic rings. The topological polar surface area (TPSA) is 52.8 Å². The van der Waals surface area contributed by atoms with Gasteiger partial charge in [-0.1, -0.05) is 0 Å². The predicted octanol–water partition coefficient (Wildman–Crippen LogP) is 2.63. The molecule has 0 N–H and O–H groups in total. The summed E-state index contributed by atoms with van der Waals surface area (Å²) in [5.74, 6) is 1.52. The summed E-state index contributed by atoms with van der Waals surface area (Å²) in [7, 11) is 1.64. The molecule has 2 heterocycles. The molecular weight excluding hydrogens is 272 g/mol. The van der Waals surface area contributed by atoms with Crippen LogP contribution < -0.4 is 4.74 Å². The van der Waals surface area contributed by atoms with Gasteiger partial charge in [-0.3, -0.25) is 9.55 Å². The summed E-state index contributed by atoms with van der Waals surface area (Å²) in [5.41, 5.74) is 1.86. The maximum absolute atomic E-state index is 5.16. The van der Waals surface area contributed by atoms with Crippen LogP contribution in [0.25, 0.3) is 17.1 Å². The first-order valence-corrected chi connectivity index (χ1v) is 6.43. The van der Waals surface area contributed by atoms with Crippen molar-refractivity contribution < 1.29 is 4.74 Å². The minimum Gasteiger partial charge on any atom is -0.497 e. The van der Waals surface area contributed by atoms with Crippen molar-refractivity contribution in [2.45, 2.75) is 5.16 Å². The van der Waals surface area contributed by atoms with Crippen LogP contribution in [0.1, 0.15) is 0 Å². The van der Waals surface area contributed by atoms with Gasteiger partial charge in [0.1, 0.15) is 5.75 Å². The highest BCUT2D eigenvalue weighted by molar-refractivity contribution is 7.80. The second kappa shape index (κ2) is 5.34. The number of rotatable bonds is 3. The normalized spacial score (nSPS) is 10.5. The number of nitrogens with zero attached hydrogens (tertiary/aromatic N) is 4. The molecular formula is C14H12N4OS. The summed E-state index contributed by atoms with van der Waals surface area (Å²) >= 11 is 4.37. The Morgan fingerprint density at radius 2 is 1.70 bits per heavy atom. The van der Waals surface area contributed by atoms with Gasteiger partial charge in [-0.25, -0.2) is 0 Å². The second-order valence-electron chi connectivity index (χ2n) is 4.09. The third-order valence-corrected chi connectivity index (χ3v) is 3.20. The van der Waals surface area contributed by atoms with Crippen LogP contribution >= 0.6 is 12.6 Å². The smallest absolute Gasteiger partial charge is 0.193 e. The van der Waals surface area contributed by atoms with E-state index in [1.54, 1.807) is 19.5 Å². The molecule has 0 radical (unpaired) electrons. The van der Waals surface area contributed by atoms with Crippen LogP contribution in [0.15, 0.2) is 53.9 Å². The van der Waals surface area contributed by atoms with Crippen molar-refractivity contribution in [2.24, 2.45) is 0 Å². The molecule has 20 heavy (non-hydrogen) atoms. The number of aromatic nitrogens is 4. The second-order valence-corrected chi connectivity index (χ2v) is 4.49. The van der Waals surface area contributed by atoms with Crippen LogP contribution in [-0.2, 0) is 0 Å². The van der Waals surface area contributed by atoms with Crippen molar-refractivity contribution in [2.75, 3.05) is 7.11 Å². The monoisotopic (exact) mass is 284 g/mol. The Morgan fingerprint density at radius 1 is 1.00 bits per heavy atom. The maximum Gasteiger partial charge on any atom is 0.193 e. The molecule has 6 heteroatoms. The van der Waals surface area contributed by atoms with Crippen LogP contribution in [0.4, 0.5) is 0 Å². The number of pyridine rings is 1. The van der Waals surface area contributed by atoms with Crippen molar-refractivity contribution in [3.05, 3.63) is 48.8 Å². The van der Waals surface area contributed by atoms with Crippen molar-refractivity contribution in [1.82, 2.24) is 19.7 Å². The summed E-state index contributed by atoms with van der Waals surface area (Å²) in [6.07, 6.45) is 3.45. The lowest BCUT2D eigenvalue weighted by atomic mass is 10.2. The highest BCUT2D eigenvalue weighted by Crippen LogP contribution is 2.25. The fourth-order valence-electron chi connectivity index (χ4n) is 1.93. The Hall–Kier alpha value is -2.34. The minimum atomic E-state index is 0.530. The highest BCUT2D eigenvalue weighted by atomic mass is 32.1. The lowest BCUT2D eigenvalue weighted by molar-refractivity contribution is 0.414. The Labute approximate surface area is 121 Å². The predicted molar refractivity (Wildman–Crippen MR) is 78.4 cm³/mol. The highest BCUT2D eigenvalue weighted by Gasteiger charge is 2.13. The number of hydrogen-bond acceptors (Lipinski definition) is 5. The van der Waals surface area contributed by atoms with Crippen LogP contribution in [0, 0.1) is 0 Å². The zero-order valence-corrected chi connectivity index (χ0v) is 11.7. The van der Waals surface area contributed by atoms with E-state index in [1.807, 2.05) is 41.0 Å². The molecule has 0 fully saturated rings. The number of benzene rings is 1. The van der Waals surface area contributed by atoms with Crippen molar-refractivity contribution in [3.63, 3.8) is 0 Å². The summed E-state index contributed by atoms with van der Waals surface area (Å²) in [5, 5.41) is 8.75. The van der Waals surface area contributed by atoms with Gasteiger partial charge >= 0.3 is 0 Å². The first kappa shape index (κ1) is 12.7. The Bertz CT molecular complexity index is 710. The summed E-state index contributed by atoms with van der Waals surface area (Å²) in [6, 6.07) is 11.4. The van der Waals surface area contributed by atoms with E-state index >= 15 is 0 Å². The molecule has 2 aromatic heterocycles. The van der Waals surface area contributed by atoms with Crippen LogP contribution in [0.2, 0.25) is 0 Å². The fraction of sp³-hybridized carbons (Fsp3) is 0.0714. The molecule has 0 saturated heterocycles. The zero-order chi connectivity index (χ0) is 13.9. The van der Waals surface area contributed by atoms with Crippen molar-refractivity contribution in [1.29, 1.82) is 0 Å². The van der Waals surface area contributed by atoms with E-state index in [9.17, 15) is 0 Å². The Morgan fingerprint density at radius 3 is 2.35 bits per heavy atom. The quantitative estimate of drug-likeness (QED) is 0.751.